The Balaban J connectivity index is 1.53. The van der Waals surface area contributed by atoms with Gasteiger partial charge in [-0.3, -0.25) is 9.59 Å². The number of hydrogen-bond acceptors (Lipinski definition) is 7. The summed E-state index contributed by atoms with van der Waals surface area (Å²) in [6.45, 7) is 6.52. The number of likely N-dealkylation sites (N-methyl/N-ethyl adjacent to an activating group) is 1. The van der Waals surface area contributed by atoms with Crippen LogP contribution in [0.15, 0.2) is 30.5 Å². The number of nitrogens with zero attached hydrogens (tertiary/aromatic N) is 4. The van der Waals surface area contributed by atoms with Crippen molar-refractivity contribution in [3.63, 3.8) is 0 Å². The van der Waals surface area contributed by atoms with Crippen molar-refractivity contribution in [1.82, 2.24) is 25.1 Å². The van der Waals surface area contributed by atoms with Crippen LogP contribution in [0, 0.1) is 5.92 Å². The van der Waals surface area contributed by atoms with Crippen LogP contribution in [-0.4, -0.2) is 76.9 Å². The van der Waals surface area contributed by atoms with Crippen molar-refractivity contribution >= 4 is 29.3 Å². The number of aromatic nitrogens is 2. The van der Waals surface area contributed by atoms with Crippen LogP contribution in [0.2, 0.25) is 0 Å². The number of carbonyl (C=O) groups excluding carboxylic acids is 2. The van der Waals surface area contributed by atoms with Gasteiger partial charge in [0.25, 0.3) is 5.91 Å². The number of rotatable bonds is 7. The highest BCUT2D eigenvalue weighted by Crippen LogP contribution is 2.36. The van der Waals surface area contributed by atoms with Crippen LogP contribution in [0.25, 0.3) is 0 Å². The fourth-order valence-corrected chi connectivity index (χ4v) is 4.82. The number of hydrogen-bond donors (Lipinski definition) is 3. The molecule has 4 rings (SSSR count). The van der Waals surface area contributed by atoms with E-state index in [1.54, 1.807) is 29.2 Å². The maximum absolute atomic E-state index is 13.8. The zero-order chi connectivity index (χ0) is 27.4. The highest BCUT2D eigenvalue weighted by Gasteiger charge is 2.39. The van der Waals surface area contributed by atoms with E-state index in [1.807, 2.05) is 20.9 Å². The summed E-state index contributed by atoms with van der Waals surface area (Å²) in [5.41, 5.74) is -0.0579. The Morgan fingerprint density at radius 1 is 1.11 bits per heavy atom. The van der Waals surface area contributed by atoms with Crippen LogP contribution in [0.4, 0.5) is 30.6 Å². The maximum Gasteiger partial charge on any atom is 0.421 e. The number of amides is 2. The first-order chi connectivity index (χ1) is 18.0. The molecule has 2 amide bonds. The van der Waals surface area contributed by atoms with Gasteiger partial charge in [0.15, 0.2) is 0 Å². The van der Waals surface area contributed by atoms with Crippen LogP contribution in [0.3, 0.4) is 0 Å². The van der Waals surface area contributed by atoms with E-state index in [9.17, 15) is 22.8 Å². The summed E-state index contributed by atoms with van der Waals surface area (Å²) in [6.07, 6.45) is -2.09. The molecule has 0 spiro atoms. The van der Waals surface area contributed by atoms with Gasteiger partial charge in [-0.2, -0.15) is 18.2 Å². The first-order valence-electron chi connectivity index (χ1n) is 12.9. The third-order valence-corrected chi connectivity index (χ3v) is 6.86. The van der Waals surface area contributed by atoms with Crippen molar-refractivity contribution in [2.45, 2.75) is 51.4 Å². The molecule has 1 saturated heterocycles. The van der Waals surface area contributed by atoms with Crippen LogP contribution < -0.4 is 16.0 Å². The number of anilines is 3. The lowest BCUT2D eigenvalue weighted by atomic mass is 10.0. The Bertz CT molecular complexity index is 1150. The summed E-state index contributed by atoms with van der Waals surface area (Å²) >= 11 is 0. The fourth-order valence-electron chi connectivity index (χ4n) is 4.82. The molecule has 0 bridgehead atoms. The molecule has 206 valence electrons. The highest BCUT2D eigenvalue weighted by atomic mass is 19.4. The van der Waals surface area contributed by atoms with E-state index in [0.717, 1.165) is 25.7 Å². The molecule has 3 N–H and O–H groups in total. The number of carbonyl (C=O) groups is 2. The standard InChI is InChI=1S/C26H34F3N7O2/c1-16(2)31-23(37)19-8-5-9-21(19)33-22-20(26(27,28)29)15-30-25(34-22)32-18-7-4-6-17(14-18)24(38)36-12-10-35(3)11-13-36/h4,6-7,14-16,19,21H,5,8-13H2,1-3H3,(H,31,37)(H2,30,32,33,34)/t19-,21+/m0/s1. The average molecular weight is 534 g/mol. The molecule has 1 saturated carbocycles. The van der Waals surface area contributed by atoms with Gasteiger partial charge >= 0.3 is 6.18 Å². The van der Waals surface area contributed by atoms with Crippen LogP contribution in [-0.2, 0) is 11.0 Å². The quantitative estimate of drug-likeness (QED) is 0.499. The summed E-state index contributed by atoms with van der Waals surface area (Å²) in [5.74, 6) is -1.18. The Labute approximate surface area is 220 Å². The van der Waals surface area contributed by atoms with Gasteiger partial charge in [-0.25, -0.2) is 4.98 Å². The second-order valence-electron chi connectivity index (χ2n) is 10.2. The maximum atomic E-state index is 13.8. The lowest BCUT2D eigenvalue weighted by Gasteiger charge is -2.32. The predicted molar refractivity (Wildman–Crippen MR) is 138 cm³/mol. The SMILES string of the molecule is CC(C)NC(=O)[C@H]1CCC[C@H]1Nc1nc(Nc2cccc(C(=O)N3CCN(C)CC3)c2)ncc1C(F)(F)F. The molecule has 2 atom stereocenters. The molecule has 2 aliphatic rings. The minimum Gasteiger partial charge on any atom is -0.366 e. The lowest BCUT2D eigenvalue weighted by Crippen LogP contribution is -2.47. The molecule has 38 heavy (non-hydrogen) atoms. The molecular formula is C26H34F3N7O2. The fraction of sp³-hybridized carbons (Fsp3) is 0.538. The Morgan fingerprint density at radius 2 is 1.84 bits per heavy atom. The molecule has 1 aromatic heterocycles. The summed E-state index contributed by atoms with van der Waals surface area (Å²) < 4.78 is 41.4. The summed E-state index contributed by atoms with van der Waals surface area (Å²) in [5, 5.41) is 8.66. The zero-order valence-corrected chi connectivity index (χ0v) is 21.8. The molecule has 1 aliphatic carbocycles. The highest BCUT2D eigenvalue weighted by molar-refractivity contribution is 5.95. The van der Waals surface area contributed by atoms with Crippen LogP contribution in [0.5, 0.6) is 0 Å². The second kappa shape index (κ2) is 11.5. The smallest absolute Gasteiger partial charge is 0.366 e. The van der Waals surface area contributed by atoms with E-state index in [0.29, 0.717) is 37.2 Å². The Kier molecular flexibility index (Phi) is 8.39. The lowest BCUT2D eigenvalue weighted by molar-refractivity contribution is -0.137. The van der Waals surface area contributed by atoms with Gasteiger partial charge in [0, 0.05) is 55.7 Å². The van der Waals surface area contributed by atoms with E-state index >= 15 is 0 Å². The van der Waals surface area contributed by atoms with Crippen molar-refractivity contribution < 1.29 is 22.8 Å². The van der Waals surface area contributed by atoms with Crippen molar-refractivity contribution in [3.8, 4) is 0 Å². The van der Waals surface area contributed by atoms with Gasteiger partial charge in [-0.15, -0.1) is 0 Å². The number of halogens is 3. The predicted octanol–water partition coefficient (Wildman–Crippen LogP) is 3.73. The number of piperazine rings is 1. The Morgan fingerprint density at radius 3 is 2.53 bits per heavy atom. The minimum absolute atomic E-state index is 0.0501. The topological polar surface area (TPSA) is 102 Å². The second-order valence-corrected chi connectivity index (χ2v) is 10.2. The molecule has 1 aromatic carbocycles. The molecule has 2 heterocycles. The first-order valence-corrected chi connectivity index (χ1v) is 12.9. The van der Waals surface area contributed by atoms with E-state index in [4.69, 9.17) is 0 Å². The van der Waals surface area contributed by atoms with E-state index in [1.165, 1.54) is 0 Å². The summed E-state index contributed by atoms with van der Waals surface area (Å²) in [7, 11) is 2.01. The van der Waals surface area contributed by atoms with Crippen LogP contribution >= 0.6 is 0 Å². The summed E-state index contributed by atoms with van der Waals surface area (Å²) in [4.78, 5) is 37.5. The van der Waals surface area contributed by atoms with Gasteiger partial charge in [0.1, 0.15) is 11.4 Å². The molecule has 12 heteroatoms. The molecule has 9 nitrogen and oxygen atoms in total. The van der Waals surface area contributed by atoms with Crippen molar-refractivity contribution in [3.05, 3.63) is 41.6 Å². The molecule has 0 unspecified atom stereocenters. The van der Waals surface area contributed by atoms with Crippen LogP contribution in [0.1, 0.15) is 49.0 Å². The molecule has 2 aromatic rings. The van der Waals surface area contributed by atoms with Gasteiger partial charge in [0.2, 0.25) is 11.9 Å². The Hall–Kier alpha value is -3.41. The monoisotopic (exact) mass is 533 g/mol. The molecule has 1 aliphatic heterocycles. The average Bonchev–Trinajstić information content (AvgIpc) is 3.31. The van der Waals surface area contributed by atoms with E-state index in [-0.39, 0.29) is 29.6 Å². The molecular weight excluding hydrogens is 499 g/mol. The zero-order valence-electron chi connectivity index (χ0n) is 21.8. The number of benzene rings is 1. The van der Waals surface area contributed by atoms with Crippen molar-refractivity contribution in [1.29, 1.82) is 0 Å². The molecule has 2 fully saturated rings. The number of alkyl halides is 3. The normalized spacial score (nSPS) is 20.4. The van der Waals surface area contributed by atoms with Crippen molar-refractivity contribution in [2.75, 3.05) is 43.9 Å². The van der Waals surface area contributed by atoms with E-state index in [2.05, 4.69) is 30.8 Å². The van der Waals surface area contributed by atoms with Gasteiger partial charge in [0.05, 0.1) is 5.92 Å². The summed E-state index contributed by atoms with van der Waals surface area (Å²) in [6, 6.07) is 6.18. The van der Waals surface area contributed by atoms with E-state index < -0.39 is 23.7 Å². The first kappa shape index (κ1) is 27.6. The van der Waals surface area contributed by atoms with Gasteiger partial charge < -0.3 is 25.8 Å². The number of nitrogens with one attached hydrogen (secondary N) is 3. The third-order valence-electron chi connectivity index (χ3n) is 6.86. The third kappa shape index (κ3) is 6.72. The molecule has 0 radical (unpaired) electrons. The van der Waals surface area contributed by atoms with Crippen molar-refractivity contribution in [2.24, 2.45) is 5.92 Å². The minimum atomic E-state index is -4.68. The van der Waals surface area contributed by atoms with Gasteiger partial charge in [-0.1, -0.05) is 12.5 Å². The largest absolute Gasteiger partial charge is 0.421 e. The van der Waals surface area contributed by atoms with Gasteiger partial charge in [-0.05, 0) is 51.9 Å².